The van der Waals surface area contributed by atoms with E-state index in [1.807, 2.05) is 42.2 Å². The van der Waals surface area contributed by atoms with Gasteiger partial charge in [-0.05, 0) is 30.3 Å². The molecule has 0 fully saturated rings. The van der Waals surface area contributed by atoms with Crippen LogP contribution >= 0.6 is 15.9 Å². The van der Waals surface area contributed by atoms with Gasteiger partial charge in [0.2, 0.25) is 0 Å². The summed E-state index contributed by atoms with van der Waals surface area (Å²) >= 11 is 3.61. The van der Waals surface area contributed by atoms with Crippen LogP contribution in [0.2, 0.25) is 0 Å². The van der Waals surface area contributed by atoms with Gasteiger partial charge in [0.15, 0.2) is 0 Å². The zero-order valence-electron chi connectivity index (χ0n) is 11.4. The summed E-state index contributed by atoms with van der Waals surface area (Å²) in [6, 6.07) is 6.01. The van der Waals surface area contributed by atoms with Crippen molar-refractivity contribution in [3.63, 3.8) is 0 Å². The lowest BCUT2D eigenvalue weighted by atomic mass is 10.1. The van der Waals surface area contributed by atoms with E-state index in [0.29, 0.717) is 0 Å². The minimum Gasteiger partial charge on any atom is -0.497 e. The number of benzene rings is 1. The van der Waals surface area contributed by atoms with Gasteiger partial charge in [0.25, 0.3) is 0 Å². The van der Waals surface area contributed by atoms with Crippen molar-refractivity contribution in [1.29, 1.82) is 0 Å². The number of halogens is 1. The van der Waals surface area contributed by atoms with E-state index in [2.05, 4.69) is 33.2 Å². The first-order valence-electron chi connectivity index (χ1n) is 6.21. The molecule has 0 radical (unpaired) electrons. The monoisotopic (exact) mass is 323 g/mol. The van der Waals surface area contributed by atoms with Gasteiger partial charge in [0, 0.05) is 23.9 Å². The Hall–Kier alpha value is -1.33. The molecule has 0 bridgehead atoms. The molecule has 0 aliphatic carbocycles. The minimum absolute atomic E-state index is 0.0366. The van der Waals surface area contributed by atoms with E-state index in [-0.39, 0.29) is 6.04 Å². The molecule has 2 aromatic rings. The predicted molar refractivity (Wildman–Crippen MR) is 79.4 cm³/mol. The highest BCUT2D eigenvalue weighted by atomic mass is 79.9. The average Bonchev–Trinajstić information content (AvgIpc) is 2.83. The summed E-state index contributed by atoms with van der Waals surface area (Å²) in [5.41, 5.74) is 1.12. The van der Waals surface area contributed by atoms with E-state index in [9.17, 15) is 0 Å². The number of rotatable bonds is 5. The van der Waals surface area contributed by atoms with Crippen LogP contribution in [0.5, 0.6) is 5.75 Å². The Labute approximate surface area is 121 Å². The van der Waals surface area contributed by atoms with Crippen molar-refractivity contribution in [2.24, 2.45) is 7.05 Å². The number of aromatic nitrogens is 2. The Morgan fingerprint density at radius 3 is 2.84 bits per heavy atom. The van der Waals surface area contributed by atoms with Crippen LogP contribution in [-0.4, -0.2) is 23.2 Å². The Kier molecular flexibility index (Phi) is 4.61. The normalized spacial score (nSPS) is 12.4. The molecule has 0 aliphatic rings. The Morgan fingerprint density at radius 2 is 2.26 bits per heavy atom. The first-order chi connectivity index (χ1) is 9.17. The van der Waals surface area contributed by atoms with Gasteiger partial charge in [-0.1, -0.05) is 22.9 Å². The quantitative estimate of drug-likeness (QED) is 0.919. The molecule has 1 atom stereocenters. The molecule has 2 rings (SSSR count). The van der Waals surface area contributed by atoms with Crippen LogP contribution < -0.4 is 10.1 Å². The third-order valence-corrected chi connectivity index (χ3v) is 3.76. The maximum absolute atomic E-state index is 5.31. The smallest absolute Gasteiger partial charge is 0.130 e. The summed E-state index contributed by atoms with van der Waals surface area (Å²) in [6.45, 7) is 2.95. The second kappa shape index (κ2) is 6.21. The maximum atomic E-state index is 5.31. The van der Waals surface area contributed by atoms with Gasteiger partial charge in [0.1, 0.15) is 11.6 Å². The molecule has 1 N–H and O–H groups in total. The molecule has 0 saturated carbocycles. The summed E-state index contributed by atoms with van der Waals surface area (Å²) in [5.74, 6) is 1.83. The average molecular weight is 324 g/mol. The van der Waals surface area contributed by atoms with Gasteiger partial charge in [-0.3, -0.25) is 0 Å². The van der Waals surface area contributed by atoms with Gasteiger partial charge in [-0.2, -0.15) is 0 Å². The molecule has 1 unspecified atom stereocenters. The summed E-state index contributed by atoms with van der Waals surface area (Å²) in [7, 11) is 3.68. The molecule has 1 heterocycles. The summed E-state index contributed by atoms with van der Waals surface area (Å²) < 4.78 is 8.38. The first kappa shape index (κ1) is 14.1. The van der Waals surface area contributed by atoms with Gasteiger partial charge in [-0.25, -0.2) is 4.98 Å². The minimum atomic E-state index is 0.0366. The Bertz CT molecular complexity index is 553. The predicted octanol–water partition coefficient (Wildman–Crippen LogP) is 2.89. The van der Waals surface area contributed by atoms with Gasteiger partial charge in [0.05, 0.1) is 13.2 Å². The van der Waals surface area contributed by atoms with E-state index >= 15 is 0 Å². The van der Waals surface area contributed by atoms with Crippen molar-refractivity contribution < 1.29 is 4.74 Å². The largest absolute Gasteiger partial charge is 0.497 e. The van der Waals surface area contributed by atoms with Crippen molar-refractivity contribution in [2.75, 3.05) is 13.7 Å². The van der Waals surface area contributed by atoms with Crippen LogP contribution in [0.4, 0.5) is 0 Å². The number of hydrogen-bond acceptors (Lipinski definition) is 3. The molecule has 0 saturated heterocycles. The van der Waals surface area contributed by atoms with Gasteiger partial charge in [-0.15, -0.1) is 0 Å². The van der Waals surface area contributed by atoms with E-state index < -0.39 is 0 Å². The van der Waals surface area contributed by atoms with Crippen molar-refractivity contribution in [2.45, 2.75) is 13.0 Å². The van der Waals surface area contributed by atoms with Gasteiger partial charge < -0.3 is 14.6 Å². The molecule has 5 heteroatoms. The topological polar surface area (TPSA) is 39.1 Å². The van der Waals surface area contributed by atoms with Crippen LogP contribution in [0.25, 0.3) is 0 Å². The van der Waals surface area contributed by atoms with E-state index in [0.717, 1.165) is 28.2 Å². The molecule has 0 spiro atoms. The first-order valence-corrected chi connectivity index (χ1v) is 7.00. The molecular formula is C14H18BrN3O. The lowest BCUT2D eigenvalue weighted by molar-refractivity contribution is 0.413. The second-order valence-corrected chi connectivity index (χ2v) is 5.13. The van der Waals surface area contributed by atoms with Crippen LogP contribution in [-0.2, 0) is 7.05 Å². The molecule has 1 aromatic heterocycles. The number of ether oxygens (including phenoxy) is 1. The van der Waals surface area contributed by atoms with E-state index in [1.54, 1.807) is 7.11 Å². The molecule has 0 amide bonds. The molecule has 0 aliphatic heterocycles. The lowest BCUT2D eigenvalue weighted by Crippen LogP contribution is -2.25. The number of nitrogens with one attached hydrogen (secondary N) is 1. The Balaban J connectivity index is 2.47. The number of hydrogen-bond donors (Lipinski definition) is 1. The summed E-state index contributed by atoms with van der Waals surface area (Å²) in [6.07, 6.45) is 3.77. The molecule has 102 valence electrons. The second-order valence-electron chi connectivity index (χ2n) is 4.27. The van der Waals surface area contributed by atoms with Crippen LogP contribution in [0, 0.1) is 0 Å². The number of aryl methyl sites for hydroxylation is 1. The standard InChI is InChI=1S/C14H18BrN3O/c1-4-16-13(14-17-7-8-18(14)2)11-9-10(19-3)5-6-12(11)15/h5-9,13,16H,4H2,1-3H3. The van der Waals surface area contributed by atoms with Crippen molar-refractivity contribution in [3.05, 3.63) is 46.5 Å². The highest BCUT2D eigenvalue weighted by molar-refractivity contribution is 9.10. The molecular weight excluding hydrogens is 306 g/mol. The fraction of sp³-hybridized carbons (Fsp3) is 0.357. The van der Waals surface area contributed by atoms with Crippen molar-refractivity contribution in [1.82, 2.24) is 14.9 Å². The highest BCUT2D eigenvalue weighted by Gasteiger charge is 2.20. The SMILES string of the molecule is CCNC(c1cc(OC)ccc1Br)c1nccn1C. The van der Waals surface area contributed by atoms with Crippen molar-refractivity contribution >= 4 is 15.9 Å². The molecule has 1 aromatic carbocycles. The van der Waals surface area contributed by atoms with E-state index in [1.165, 1.54) is 0 Å². The van der Waals surface area contributed by atoms with Gasteiger partial charge >= 0.3 is 0 Å². The Morgan fingerprint density at radius 1 is 1.47 bits per heavy atom. The molecule has 19 heavy (non-hydrogen) atoms. The van der Waals surface area contributed by atoms with Crippen LogP contribution in [0.1, 0.15) is 24.4 Å². The number of nitrogens with zero attached hydrogens (tertiary/aromatic N) is 2. The third-order valence-electron chi connectivity index (χ3n) is 3.04. The zero-order chi connectivity index (χ0) is 13.8. The molecule has 4 nitrogen and oxygen atoms in total. The highest BCUT2D eigenvalue weighted by Crippen LogP contribution is 2.30. The van der Waals surface area contributed by atoms with E-state index in [4.69, 9.17) is 4.74 Å². The number of methoxy groups -OCH3 is 1. The lowest BCUT2D eigenvalue weighted by Gasteiger charge is -2.20. The fourth-order valence-corrected chi connectivity index (χ4v) is 2.55. The zero-order valence-corrected chi connectivity index (χ0v) is 12.9. The summed E-state index contributed by atoms with van der Waals surface area (Å²) in [5, 5.41) is 3.47. The third kappa shape index (κ3) is 2.98. The number of imidazole rings is 1. The van der Waals surface area contributed by atoms with Crippen LogP contribution in [0.3, 0.4) is 0 Å². The fourth-order valence-electron chi connectivity index (χ4n) is 2.07. The van der Waals surface area contributed by atoms with Crippen molar-refractivity contribution in [3.8, 4) is 5.75 Å². The maximum Gasteiger partial charge on any atom is 0.130 e. The summed E-state index contributed by atoms with van der Waals surface area (Å²) in [4.78, 5) is 4.45. The van der Waals surface area contributed by atoms with Crippen LogP contribution in [0.15, 0.2) is 35.1 Å².